The zero-order valence-corrected chi connectivity index (χ0v) is 16.3. The van der Waals surface area contributed by atoms with E-state index >= 15 is 0 Å². The Balaban J connectivity index is 1.50. The van der Waals surface area contributed by atoms with Gasteiger partial charge < -0.3 is 5.32 Å². The fourth-order valence-electron chi connectivity index (χ4n) is 3.33. The summed E-state index contributed by atoms with van der Waals surface area (Å²) < 4.78 is 42.2. The predicted molar refractivity (Wildman–Crippen MR) is 108 cm³/mol. The van der Waals surface area contributed by atoms with Gasteiger partial charge in [0, 0.05) is 12.4 Å². The number of rotatable bonds is 4. The number of hydrazone groups is 1. The third kappa shape index (κ3) is 3.36. The van der Waals surface area contributed by atoms with E-state index in [-0.39, 0.29) is 33.7 Å². The monoisotopic (exact) mass is 453 g/mol. The Hall–Kier alpha value is -4.64. The van der Waals surface area contributed by atoms with Gasteiger partial charge in [0.2, 0.25) is 5.43 Å². The summed E-state index contributed by atoms with van der Waals surface area (Å²) in [6, 6.07) is 4.37. The van der Waals surface area contributed by atoms with Gasteiger partial charge in [0.05, 0.1) is 41.3 Å². The van der Waals surface area contributed by atoms with Crippen LogP contribution in [-0.2, 0) is 6.18 Å². The molecule has 14 heteroatoms. The number of nitrogens with zero attached hydrogens (tertiary/aromatic N) is 7. The Morgan fingerprint density at radius 3 is 2.79 bits per heavy atom. The molecule has 0 saturated carbocycles. The molecule has 0 spiro atoms. The average Bonchev–Trinajstić information content (AvgIpc) is 3.21. The van der Waals surface area contributed by atoms with Gasteiger partial charge in [-0.15, -0.1) is 0 Å². The smallest absolute Gasteiger partial charge is 0.320 e. The molecule has 0 unspecified atom stereocenters. The van der Waals surface area contributed by atoms with E-state index in [0.29, 0.717) is 11.2 Å². The second kappa shape index (κ2) is 7.21. The summed E-state index contributed by atoms with van der Waals surface area (Å²) in [5.74, 6) is -0.956. The number of hydrogen-bond donors (Lipinski definition) is 2. The Labute approximate surface area is 181 Å². The van der Waals surface area contributed by atoms with Crippen LogP contribution in [0.2, 0.25) is 0 Å². The summed E-state index contributed by atoms with van der Waals surface area (Å²) in [5.41, 5.74) is 0.211. The van der Waals surface area contributed by atoms with Crippen LogP contribution in [0.15, 0.2) is 40.6 Å². The molecule has 4 aromatic rings. The number of fused-ring (bicyclic) bond motifs is 1. The number of carbonyl (C=O) groups is 1. The van der Waals surface area contributed by atoms with Crippen LogP contribution < -0.4 is 21.3 Å². The molecule has 2 N–H and O–H groups in total. The van der Waals surface area contributed by atoms with Gasteiger partial charge in [-0.2, -0.15) is 33.8 Å². The molecule has 33 heavy (non-hydrogen) atoms. The number of nitriles is 1. The van der Waals surface area contributed by atoms with Crippen LogP contribution in [-0.4, -0.2) is 38.4 Å². The van der Waals surface area contributed by atoms with Gasteiger partial charge in [-0.3, -0.25) is 14.6 Å². The molecule has 0 atom stereocenters. The van der Waals surface area contributed by atoms with Crippen LogP contribution in [0.5, 0.6) is 0 Å². The number of carbonyl (C=O) groups excluding carboxylic acids is 1. The maximum atomic E-state index is 13.9. The van der Waals surface area contributed by atoms with E-state index in [4.69, 9.17) is 0 Å². The second-order valence-corrected chi connectivity index (χ2v) is 6.83. The van der Waals surface area contributed by atoms with Crippen molar-refractivity contribution in [3.63, 3.8) is 0 Å². The van der Waals surface area contributed by atoms with Gasteiger partial charge in [-0.05, 0) is 12.1 Å². The molecule has 0 aliphatic carbocycles. The molecule has 0 saturated heterocycles. The lowest BCUT2D eigenvalue weighted by Crippen LogP contribution is -2.29. The minimum Gasteiger partial charge on any atom is -0.320 e. The molecule has 1 aliphatic heterocycles. The quantitative estimate of drug-likeness (QED) is 0.474. The number of aromatic nitrogens is 4. The summed E-state index contributed by atoms with van der Waals surface area (Å²) in [6.45, 7) is 0.432. The van der Waals surface area contributed by atoms with Crippen LogP contribution in [0.3, 0.4) is 0 Å². The van der Waals surface area contributed by atoms with E-state index < -0.39 is 28.8 Å². The Bertz CT molecular complexity index is 1510. The van der Waals surface area contributed by atoms with E-state index in [0.717, 1.165) is 6.20 Å². The maximum Gasteiger partial charge on any atom is 0.434 e. The summed E-state index contributed by atoms with van der Waals surface area (Å²) in [7, 11) is 0. The molecule has 0 fully saturated rings. The summed E-state index contributed by atoms with van der Waals surface area (Å²) >= 11 is 0. The Kier molecular flexibility index (Phi) is 4.43. The van der Waals surface area contributed by atoms with Gasteiger partial charge in [0.15, 0.2) is 11.5 Å². The number of alkyl halides is 3. The molecule has 1 aromatic carbocycles. The second-order valence-electron chi connectivity index (χ2n) is 6.83. The minimum atomic E-state index is -4.96. The highest BCUT2D eigenvalue weighted by atomic mass is 19.4. The summed E-state index contributed by atoms with van der Waals surface area (Å²) in [6.07, 6.45) is -0.279. The maximum absolute atomic E-state index is 13.9. The fraction of sp³-hybridized carbons (Fsp3) is 0.105. The van der Waals surface area contributed by atoms with Crippen molar-refractivity contribution in [1.82, 2.24) is 25.2 Å². The van der Waals surface area contributed by atoms with Crippen molar-refractivity contribution >= 4 is 34.5 Å². The number of amides is 1. The lowest BCUT2D eigenvalue weighted by Gasteiger charge is -2.15. The SMILES string of the molecule is N#Cc1cc(NC(=O)c2cnn(-c3ccnc4c(=O)c34)c2C(F)(F)F)cnc1N1N=CCN1. The first-order valence-electron chi connectivity index (χ1n) is 9.26. The van der Waals surface area contributed by atoms with Gasteiger partial charge in [-0.1, -0.05) is 0 Å². The van der Waals surface area contributed by atoms with E-state index in [1.54, 1.807) is 6.21 Å². The number of nitrogens with one attached hydrogen (secondary N) is 2. The molecular formula is C19H10F3N9O2. The Morgan fingerprint density at radius 2 is 2.09 bits per heavy atom. The first-order valence-corrected chi connectivity index (χ1v) is 9.26. The lowest BCUT2D eigenvalue weighted by atomic mass is 10.2. The molecule has 164 valence electrons. The van der Waals surface area contributed by atoms with Gasteiger partial charge in [0.25, 0.3) is 5.91 Å². The fourth-order valence-corrected chi connectivity index (χ4v) is 3.33. The molecule has 1 aliphatic rings. The molecule has 0 bridgehead atoms. The highest BCUT2D eigenvalue weighted by Crippen LogP contribution is 2.35. The Morgan fingerprint density at radius 1 is 1.27 bits per heavy atom. The molecule has 0 radical (unpaired) electrons. The van der Waals surface area contributed by atoms with Crippen molar-refractivity contribution in [2.24, 2.45) is 5.10 Å². The van der Waals surface area contributed by atoms with Crippen LogP contribution in [0, 0.1) is 11.3 Å². The number of anilines is 2. The zero-order chi connectivity index (χ0) is 23.3. The molecule has 1 amide bonds. The third-order valence-corrected chi connectivity index (χ3v) is 4.79. The highest BCUT2D eigenvalue weighted by molar-refractivity contribution is 6.06. The molecule has 4 heterocycles. The topological polar surface area (TPSA) is 141 Å². The van der Waals surface area contributed by atoms with Crippen LogP contribution in [0.25, 0.3) is 16.6 Å². The van der Waals surface area contributed by atoms with Crippen LogP contribution >= 0.6 is 0 Å². The summed E-state index contributed by atoms with van der Waals surface area (Å²) in [5, 5.41) is 20.6. The minimum absolute atomic E-state index is 0.00395. The average molecular weight is 453 g/mol. The van der Waals surface area contributed by atoms with Crippen molar-refractivity contribution < 1.29 is 18.0 Å². The van der Waals surface area contributed by atoms with Gasteiger partial charge in [0.1, 0.15) is 17.1 Å². The number of halogens is 3. The predicted octanol–water partition coefficient (Wildman–Crippen LogP) is 1.50. The van der Waals surface area contributed by atoms with Crippen LogP contribution in [0.1, 0.15) is 21.6 Å². The van der Waals surface area contributed by atoms with Crippen molar-refractivity contribution in [3.8, 4) is 11.8 Å². The molecule has 11 nitrogen and oxygen atoms in total. The number of hydrazine groups is 1. The zero-order valence-electron chi connectivity index (χ0n) is 16.3. The lowest BCUT2D eigenvalue weighted by molar-refractivity contribution is -0.143. The molecule has 5 rings (SSSR count). The van der Waals surface area contributed by atoms with Crippen molar-refractivity contribution in [1.29, 1.82) is 5.26 Å². The largest absolute Gasteiger partial charge is 0.434 e. The highest BCUT2D eigenvalue weighted by Gasteiger charge is 2.41. The van der Waals surface area contributed by atoms with Crippen molar-refractivity contribution in [2.75, 3.05) is 17.0 Å². The number of hydrogen-bond acceptors (Lipinski definition) is 9. The third-order valence-electron chi connectivity index (χ3n) is 4.79. The number of pyridine rings is 2. The van der Waals surface area contributed by atoms with Crippen molar-refractivity contribution in [3.05, 3.63) is 57.8 Å². The van der Waals surface area contributed by atoms with Gasteiger partial charge >= 0.3 is 6.18 Å². The standard InChI is InChI=1S/C19H10F3N9O2/c20-19(21,22)16-11(8-28-30(16)12-1-2-24-14-13(12)15(14)32)18(33)29-10-5-9(6-23)17(25-7-10)31-26-3-4-27-31/h1-3,5,7-8,27H,4H2,(H,29,33). The summed E-state index contributed by atoms with van der Waals surface area (Å²) in [4.78, 5) is 32.3. The van der Waals surface area contributed by atoms with Crippen LogP contribution in [0.4, 0.5) is 24.7 Å². The normalized spacial score (nSPS) is 13.7. The molecular weight excluding hydrogens is 443 g/mol. The van der Waals surface area contributed by atoms with E-state index in [9.17, 15) is 28.0 Å². The van der Waals surface area contributed by atoms with Gasteiger partial charge in [-0.25, -0.2) is 15.1 Å². The molecule has 3 aromatic heterocycles. The van der Waals surface area contributed by atoms with E-state index in [1.807, 2.05) is 6.07 Å². The van der Waals surface area contributed by atoms with Crippen molar-refractivity contribution in [2.45, 2.75) is 6.18 Å². The first kappa shape index (κ1) is 20.3. The first-order chi connectivity index (χ1) is 15.8. The van der Waals surface area contributed by atoms with E-state index in [2.05, 4.69) is 30.9 Å². The van der Waals surface area contributed by atoms with E-state index in [1.165, 1.54) is 29.6 Å².